The van der Waals surface area contributed by atoms with E-state index in [1.807, 2.05) is 23.6 Å². The van der Waals surface area contributed by atoms with E-state index >= 15 is 0 Å². The van der Waals surface area contributed by atoms with Crippen molar-refractivity contribution in [3.63, 3.8) is 0 Å². The van der Waals surface area contributed by atoms with Crippen molar-refractivity contribution in [3.05, 3.63) is 65.0 Å². The number of nitrogens with one attached hydrogen (secondary N) is 1. The van der Waals surface area contributed by atoms with E-state index in [0.717, 1.165) is 16.1 Å². The molecule has 0 atom stereocenters. The second kappa shape index (κ2) is 7.67. The minimum absolute atomic E-state index is 0.110. The fourth-order valence-electron chi connectivity index (χ4n) is 2.47. The Morgan fingerprint density at radius 3 is 3.04 bits per heavy atom. The fraction of sp³-hybridized carbons (Fsp3) is 0.0556. The lowest BCUT2D eigenvalue weighted by Crippen LogP contribution is -2.14. The van der Waals surface area contributed by atoms with Crippen molar-refractivity contribution in [1.29, 1.82) is 0 Å². The van der Waals surface area contributed by atoms with Crippen LogP contribution in [0.15, 0.2) is 59.2 Å². The van der Waals surface area contributed by atoms with E-state index in [-0.39, 0.29) is 22.4 Å². The lowest BCUT2D eigenvalue weighted by molar-refractivity contribution is -0.113. The molecular weight excluding hydrogens is 407 g/mol. The summed E-state index contributed by atoms with van der Waals surface area (Å²) >= 11 is 8.87. The van der Waals surface area contributed by atoms with Crippen LogP contribution in [0, 0.1) is 5.82 Å². The lowest BCUT2D eigenvalue weighted by atomic mass is 10.3. The number of halogens is 2. The number of nitrogens with zero attached hydrogens (tertiary/aromatic N) is 3. The zero-order valence-electron chi connectivity index (χ0n) is 13.7. The molecule has 0 spiro atoms. The Morgan fingerprint density at radius 1 is 1.33 bits per heavy atom. The lowest BCUT2D eigenvalue weighted by Gasteiger charge is -2.07. The molecule has 136 valence electrons. The first kappa shape index (κ1) is 18.0. The molecule has 1 aromatic carbocycles. The Balaban J connectivity index is 1.50. The number of benzene rings is 1. The quantitative estimate of drug-likeness (QED) is 0.464. The van der Waals surface area contributed by atoms with Crippen molar-refractivity contribution < 1.29 is 9.18 Å². The molecule has 27 heavy (non-hydrogen) atoms. The standard InChI is InChI=1S/C18H12ClFN4OS2/c19-12-4-3-11(20)8-13(12)22-17(25)10-27-18-15-9-14(16-2-1-7-26-16)23-24(15)6-5-21-18/h1-9H,10H2,(H,22,25). The van der Waals surface area contributed by atoms with Gasteiger partial charge >= 0.3 is 0 Å². The fourth-order valence-corrected chi connectivity index (χ4v) is 4.09. The Kier molecular flexibility index (Phi) is 5.11. The number of rotatable bonds is 5. The zero-order chi connectivity index (χ0) is 18.8. The smallest absolute Gasteiger partial charge is 0.234 e. The number of carbonyl (C=O) groups is 1. The number of hydrogen-bond acceptors (Lipinski definition) is 5. The zero-order valence-corrected chi connectivity index (χ0v) is 16.1. The molecule has 0 saturated carbocycles. The van der Waals surface area contributed by atoms with Gasteiger partial charge in [-0.05, 0) is 35.7 Å². The Hall–Kier alpha value is -2.42. The van der Waals surface area contributed by atoms with Gasteiger partial charge in [0.15, 0.2) is 0 Å². The molecule has 5 nitrogen and oxygen atoms in total. The van der Waals surface area contributed by atoms with Crippen LogP contribution in [0.2, 0.25) is 5.02 Å². The molecule has 0 aliphatic carbocycles. The first-order chi connectivity index (χ1) is 13.1. The number of anilines is 1. The van der Waals surface area contributed by atoms with Crippen molar-refractivity contribution in [3.8, 4) is 10.6 Å². The highest BCUT2D eigenvalue weighted by Crippen LogP contribution is 2.29. The van der Waals surface area contributed by atoms with E-state index in [1.54, 1.807) is 28.2 Å². The van der Waals surface area contributed by atoms with Gasteiger partial charge in [-0.1, -0.05) is 29.4 Å². The SMILES string of the molecule is O=C(CSc1nccn2nc(-c3cccs3)cc12)Nc1cc(F)ccc1Cl. The van der Waals surface area contributed by atoms with Crippen molar-refractivity contribution in [2.75, 3.05) is 11.1 Å². The van der Waals surface area contributed by atoms with Gasteiger partial charge in [-0.2, -0.15) is 5.10 Å². The predicted molar refractivity (Wildman–Crippen MR) is 107 cm³/mol. The van der Waals surface area contributed by atoms with Crippen molar-refractivity contribution in [1.82, 2.24) is 14.6 Å². The van der Waals surface area contributed by atoms with Gasteiger partial charge in [0.05, 0.1) is 26.9 Å². The Labute approximate surface area is 167 Å². The molecule has 1 amide bonds. The maximum absolute atomic E-state index is 13.3. The van der Waals surface area contributed by atoms with E-state index < -0.39 is 5.82 Å². The van der Waals surface area contributed by atoms with Gasteiger partial charge in [0.1, 0.15) is 16.5 Å². The summed E-state index contributed by atoms with van der Waals surface area (Å²) in [5, 5.41) is 10.1. The Morgan fingerprint density at radius 2 is 2.22 bits per heavy atom. The first-order valence-electron chi connectivity index (χ1n) is 7.86. The van der Waals surface area contributed by atoms with E-state index in [4.69, 9.17) is 11.6 Å². The maximum atomic E-state index is 13.3. The van der Waals surface area contributed by atoms with Gasteiger partial charge in [-0.25, -0.2) is 13.9 Å². The Bertz CT molecular complexity index is 1110. The number of carbonyl (C=O) groups excluding carboxylic acids is 1. The van der Waals surface area contributed by atoms with Crippen LogP contribution in [0.25, 0.3) is 16.1 Å². The molecule has 0 fully saturated rings. The predicted octanol–water partition coefficient (Wildman–Crippen LogP) is 4.98. The highest BCUT2D eigenvalue weighted by molar-refractivity contribution is 8.00. The molecule has 0 saturated heterocycles. The van der Waals surface area contributed by atoms with Crippen molar-refractivity contribution in [2.45, 2.75) is 5.03 Å². The second-order valence-corrected chi connectivity index (χ2v) is 7.85. The third-order valence-electron chi connectivity index (χ3n) is 3.67. The topological polar surface area (TPSA) is 59.3 Å². The van der Waals surface area contributed by atoms with Crippen LogP contribution in [-0.4, -0.2) is 26.3 Å². The molecule has 0 radical (unpaired) electrons. The van der Waals surface area contributed by atoms with Gasteiger partial charge in [-0.15, -0.1) is 11.3 Å². The summed E-state index contributed by atoms with van der Waals surface area (Å²) in [4.78, 5) is 17.6. The van der Waals surface area contributed by atoms with Crippen LogP contribution in [0.5, 0.6) is 0 Å². The molecule has 9 heteroatoms. The normalized spacial score (nSPS) is 11.0. The molecule has 0 unspecified atom stereocenters. The summed E-state index contributed by atoms with van der Waals surface area (Å²) in [6.07, 6.45) is 3.41. The van der Waals surface area contributed by atoms with Crippen LogP contribution < -0.4 is 5.32 Å². The van der Waals surface area contributed by atoms with Crippen LogP contribution in [0.3, 0.4) is 0 Å². The number of thiophene rings is 1. The number of hydrogen-bond donors (Lipinski definition) is 1. The maximum Gasteiger partial charge on any atom is 0.234 e. The summed E-state index contributed by atoms with van der Waals surface area (Å²) in [5.41, 5.74) is 1.93. The van der Waals surface area contributed by atoms with Gasteiger partial charge < -0.3 is 5.32 Å². The number of thioether (sulfide) groups is 1. The number of aromatic nitrogens is 3. The van der Waals surface area contributed by atoms with E-state index in [2.05, 4.69) is 15.4 Å². The minimum Gasteiger partial charge on any atom is -0.324 e. The molecular formula is C18H12ClFN4OS2. The summed E-state index contributed by atoms with van der Waals surface area (Å²) in [6, 6.07) is 9.75. The third-order valence-corrected chi connectivity index (χ3v) is 5.89. The molecule has 1 N–H and O–H groups in total. The molecule has 4 rings (SSSR count). The molecule has 0 bridgehead atoms. The number of amides is 1. The van der Waals surface area contributed by atoms with Crippen molar-refractivity contribution >= 4 is 51.8 Å². The highest BCUT2D eigenvalue weighted by atomic mass is 35.5. The molecule has 3 aromatic heterocycles. The van der Waals surface area contributed by atoms with Gasteiger partial charge in [-0.3, -0.25) is 4.79 Å². The summed E-state index contributed by atoms with van der Waals surface area (Å²) in [6.45, 7) is 0. The van der Waals surface area contributed by atoms with E-state index in [0.29, 0.717) is 5.03 Å². The van der Waals surface area contributed by atoms with Crippen LogP contribution in [0.4, 0.5) is 10.1 Å². The summed E-state index contributed by atoms with van der Waals surface area (Å²) in [5.74, 6) is -0.651. The minimum atomic E-state index is -0.464. The average molecular weight is 419 g/mol. The summed E-state index contributed by atoms with van der Waals surface area (Å²) in [7, 11) is 0. The largest absolute Gasteiger partial charge is 0.324 e. The monoisotopic (exact) mass is 418 g/mol. The molecule has 4 aromatic rings. The van der Waals surface area contributed by atoms with Crippen LogP contribution in [-0.2, 0) is 4.79 Å². The van der Waals surface area contributed by atoms with Gasteiger partial charge in [0, 0.05) is 12.4 Å². The average Bonchev–Trinajstić information content (AvgIpc) is 3.32. The van der Waals surface area contributed by atoms with Crippen molar-refractivity contribution in [2.24, 2.45) is 0 Å². The second-order valence-electron chi connectivity index (χ2n) is 5.53. The van der Waals surface area contributed by atoms with Gasteiger partial charge in [0.25, 0.3) is 0 Å². The molecule has 0 aliphatic heterocycles. The van der Waals surface area contributed by atoms with Gasteiger partial charge in [0.2, 0.25) is 5.91 Å². The first-order valence-corrected chi connectivity index (χ1v) is 10.1. The van der Waals surface area contributed by atoms with E-state index in [1.165, 1.54) is 30.0 Å². The molecule has 3 heterocycles. The molecule has 0 aliphatic rings. The number of fused-ring (bicyclic) bond motifs is 1. The van der Waals surface area contributed by atoms with Crippen LogP contribution in [0.1, 0.15) is 0 Å². The summed E-state index contributed by atoms with van der Waals surface area (Å²) < 4.78 is 15.0. The third kappa shape index (κ3) is 3.97. The van der Waals surface area contributed by atoms with Crippen LogP contribution >= 0.6 is 34.7 Å². The highest BCUT2D eigenvalue weighted by Gasteiger charge is 2.13. The van der Waals surface area contributed by atoms with E-state index in [9.17, 15) is 9.18 Å².